The highest BCUT2D eigenvalue weighted by atomic mass is 35.5. The van der Waals surface area contributed by atoms with Crippen molar-refractivity contribution in [1.82, 2.24) is 10.3 Å². The molecule has 2 aromatic carbocycles. The number of alkyl carbamates (subject to hydrolysis) is 1. The second-order valence-corrected chi connectivity index (χ2v) is 8.70. The van der Waals surface area contributed by atoms with Gasteiger partial charge < -0.3 is 19.9 Å². The summed E-state index contributed by atoms with van der Waals surface area (Å²) in [5.41, 5.74) is 2.45. The van der Waals surface area contributed by atoms with Crippen LogP contribution in [0.5, 0.6) is 5.75 Å². The molecule has 0 aliphatic carbocycles. The van der Waals surface area contributed by atoms with Crippen LogP contribution in [0.15, 0.2) is 48.5 Å². The van der Waals surface area contributed by atoms with Crippen LogP contribution in [0.1, 0.15) is 36.6 Å². The summed E-state index contributed by atoms with van der Waals surface area (Å²) in [7, 11) is 0. The monoisotopic (exact) mass is 440 g/mol. The Morgan fingerprint density at radius 3 is 2.74 bits per heavy atom. The highest BCUT2D eigenvalue weighted by Gasteiger charge is 2.44. The Kier molecular flexibility index (Phi) is 5.77. The summed E-state index contributed by atoms with van der Waals surface area (Å²) in [6.07, 6.45) is -0.975. The molecule has 0 saturated carbocycles. The Balaban J connectivity index is 1.58. The van der Waals surface area contributed by atoms with Crippen LogP contribution in [0.4, 0.5) is 4.79 Å². The number of carbonyl (C=O) groups excluding carboxylic acids is 1. The highest BCUT2D eigenvalue weighted by Crippen LogP contribution is 2.42. The van der Waals surface area contributed by atoms with Gasteiger partial charge in [-0.2, -0.15) is 0 Å². The average Bonchev–Trinajstić information content (AvgIpc) is 2.71. The molecule has 4 rings (SSSR count). The molecular formula is C24H25ClN2O4. The van der Waals surface area contributed by atoms with Crippen molar-refractivity contribution in [3.63, 3.8) is 0 Å². The van der Waals surface area contributed by atoms with Crippen LogP contribution in [0.3, 0.4) is 0 Å². The number of halogens is 1. The molecule has 1 aliphatic rings. The zero-order valence-electron chi connectivity index (χ0n) is 17.7. The molecule has 0 fully saturated rings. The molecule has 31 heavy (non-hydrogen) atoms. The summed E-state index contributed by atoms with van der Waals surface area (Å²) in [5.74, 6) is 0.588. The summed E-state index contributed by atoms with van der Waals surface area (Å²) in [6, 6.07) is 14.5. The van der Waals surface area contributed by atoms with Crippen LogP contribution in [0.25, 0.3) is 10.9 Å². The molecule has 0 saturated heterocycles. The first-order chi connectivity index (χ1) is 14.7. The van der Waals surface area contributed by atoms with Crippen LogP contribution in [-0.2, 0) is 11.2 Å². The number of rotatable bonds is 4. The minimum atomic E-state index is -0.987. The third-order valence-electron chi connectivity index (χ3n) is 5.59. The van der Waals surface area contributed by atoms with Gasteiger partial charge in [-0.05, 0) is 50.1 Å². The molecule has 3 aromatic rings. The summed E-state index contributed by atoms with van der Waals surface area (Å²) < 4.78 is 11.4. The highest BCUT2D eigenvalue weighted by molar-refractivity contribution is 6.29. The lowest BCUT2D eigenvalue weighted by atomic mass is 9.86. The number of ether oxygens (including phenoxy) is 2. The van der Waals surface area contributed by atoms with E-state index < -0.39 is 23.8 Å². The summed E-state index contributed by atoms with van der Waals surface area (Å²) in [5, 5.41) is 15.0. The molecule has 2 atom stereocenters. The van der Waals surface area contributed by atoms with Crippen LogP contribution in [0, 0.1) is 6.92 Å². The number of hydrogen-bond acceptors (Lipinski definition) is 5. The van der Waals surface area contributed by atoms with Crippen LogP contribution >= 0.6 is 11.6 Å². The van der Waals surface area contributed by atoms with Crippen LogP contribution in [0.2, 0.25) is 5.15 Å². The Morgan fingerprint density at radius 1 is 1.26 bits per heavy atom. The van der Waals surface area contributed by atoms with E-state index in [0.717, 1.165) is 16.5 Å². The third-order valence-corrected chi connectivity index (χ3v) is 5.79. The topological polar surface area (TPSA) is 80.7 Å². The van der Waals surface area contributed by atoms with Gasteiger partial charge in [0.05, 0.1) is 18.2 Å². The van der Waals surface area contributed by atoms with Crippen LogP contribution < -0.4 is 10.1 Å². The molecule has 0 spiro atoms. The quantitative estimate of drug-likeness (QED) is 0.573. The smallest absolute Gasteiger partial charge is 0.407 e. The number of fused-ring (bicyclic) bond motifs is 2. The van der Waals surface area contributed by atoms with E-state index in [0.29, 0.717) is 28.4 Å². The van der Waals surface area contributed by atoms with Crippen molar-refractivity contribution in [3.05, 3.63) is 70.4 Å². The molecule has 1 aromatic heterocycles. The zero-order chi connectivity index (χ0) is 22.2. The van der Waals surface area contributed by atoms with Gasteiger partial charge in [0, 0.05) is 17.4 Å². The molecule has 7 heteroatoms. The van der Waals surface area contributed by atoms with Crippen molar-refractivity contribution in [1.29, 1.82) is 0 Å². The van der Waals surface area contributed by atoms with E-state index in [4.69, 9.17) is 21.1 Å². The number of aryl methyl sites for hydroxylation is 1. The Hall–Kier alpha value is -2.83. The second kappa shape index (κ2) is 8.36. The number of carbonyl (C=O) groups is 1. The minimum absolute atomic E-state index is 0.236. The SMILES string of the molecule is Cc1cc(Cl)nc2cc3c(cc12)OC(C)(C)[C@H](O)[C@H]3NC(=O)OCCc1ccccc1. The zero-order valence-corrected chi connectivity index (χ0v) is 18.4. The normalized spacial score (nSPS) is 19.4. The van der Waals surface area contributed by atoms with Gasteiger partial charge in [0.15, 0.2) is 0 Å². The fourth-order valence-electron chi connectivity index (χ4n) is 3.87. The van der Waals surface area contributed by atoms with Gasteiger partial charge in [-0.15, -0.1) is 0 Å². The predicted molar refractivity (Wildman–Crippen MR) is 120 cm³/mol. The molecule has 0 unspecified atom stereocenters. The summed E-state index contributed by atoms with van der Waals surface area (Å²) in [4.78, 5) is 16.9. The van der Waals surface area contributed by atoms with Crippen molar-refractivity contribution in [2.45, 2.75) is 44.9 Å². The van der Waals surface area contributed by atoms with Crippen molar-refractivity contribution in [3.8, 4) is 5.75 Å². The van der Waals surface area contributed by atoms with Crippen molar-refractivity contribution in [2.75, 3.05) is 6.61 Å². The molecule has 0 bridgehead atoms. The maximum Gasteiger partial charge on any atom is 0.407 e. The number of pyridine rings is 1. The van der Waals surface area contributed by atoms with E-state index in [1.807, 2.05) is 43.3 Å². The molecule has 6 nitrogen and oxygen atoms in total. The second-order valence-electron chi connectivity index (χ2n) is 8.31. The van der Waals surface area contributed by atoms with Gasteiger partial charge in [-0.25, -0.2) is 9.78 Å². The maximum absolute atomic E-state index is 12.5. The first-order valence-corrected chi connectivity index (χ1v) is 10.6. The standard InChI is InChI=1S/C24H25ClN2O4/c1-14-11-20(25)26-18-12-17-19(13-16(14)18)31-24(2,3)22(28)21(17)27-23(29)30-10-9-15-7-5-4-6-8-15/h4-8,11-13,21-22,28H,9-10H2,1-3H3,(H,27,29)/t21-,22+/m0/s1. The Labute approximate surface area is 186 Å². The van der Waals surface area contributed by atoms with Crippen molar-refractivity contribution in [2.24, 2.45) is 0 Å². The van der Waals surface area contributed by atoms with Gasteiger partial charge in [0.1, 0.15) is 22.6 Å². The first kappa shape index (κ1) is 21.4. The van der Waals surface area contributed by atoms with E-state index in [-0.39, 0.29) is 6.61 Å². The fraction of sp³-hybridized carbons (Fsp3) is 0.333. The summed E-state index contributed by atoms with van der Waals surface area (Å²) >= 11 is 6.13. The lowest BCUT2D eigenvalue weighted by Gasteiger charge is -2.42. The van der Waals surface area contributed by atoms with E-state index in [1.165, 1.54) is 0 Å². The third kappa shape index (κ3) is 4.45. The first-order valence-electron chi connectivity index (χ1n) is 10.2. The van der Waals surface area contributed by atoms with E-state index >= 15 is 0 Å². The number of aromatic nitrogens is 1. The van der Waals surface area contributed by atoms with E-state index in [1.54, 1.807) is 26.0 Å². The Morgan fingerprint density at radius 2 is 2.00 bits per heavy atom. The van der Waals surface area contributed by atoms with Gasteiger partial charge >= 0.3 is 6.09 Å². The fourth-order valence-corrected chi connectivity index (χ4v) is 4.13. The predicted octanol–water partition coefficient (Wildman–Crippen LogP) is 4.74. The number of amides is 1. The molecular weight excluding hydrogens is 416 g/mol. The number of hydrogen-bond donors (Lipinski definition) is 2. The molecule has 2 N–H and O–H groups in total. The number of aliphatic hydroxyl groups is 1. The van der Waals surface area contributed by atoms with Gasteiger partial charge in [0.25, 0.3) is 0 Å². The minimum Gasteiger partial charge on any atom is -0.485 e. The lowest BCUT2D eigenvalue weighted by molar-refractivity contribution is -0.0635. The molecule has 162 valence electrons. The maximum atomic E-state index is 12.5. The number of nitrogens with one attached hydrogen (secondary N) is 1. The van der Waals surface area contributed by atoms with Gasteiger partial charge in [0.2, 0.25) is 0 Å². The van der Waals surface area contributed by atoms with Crippen molar-refractivity contribution < 1.29 is 19.4 Å². The number of aliphatic hydroxyl groups excluding tert-OH is 1. The van der Waals surface area contributed by atoms with Gasteiger partial charge in [-0.3, -0.25) is 0 Å². The van der Waals surface area contributed by atoms with Gasteiger partial charge in [-0.1, -0.05) is 41.9 Å². The molecule has 0 radical (unpaired) electrons. The Bertz CT molecular complexity index is 1120. The van der Waals surface area contributed by atoms with Crippen molar-refractivity contribution >= 4 is 28.6 Å². The lowest BCUT2D eigenvalue weighted by Crippen LogP contribution is -2.53. The van der Waals surface area contributed by atoms with E-state index in [9.17, 15) is 9.90 Å². The number of benzene rings is 2. The average molecular weight is 441 g/mol. The molecule has 2 heterocycles. The largest absolute Gasteiger partial charge is 0.485 e. The molecule has 1 amide bonds. The number of nitrogens with zero attached hydrogens (tertiary/aromatic N) is 1. The summed E-state index contributed by atoms with van der Waals surface area (Å²) in [6.45, 7) is 5.75. The molecule has 1 aliphatic heterocycles. The van der Waals surface area contributed by atoms with Crippen LogP contribution in [-0.4, -0.2) is 34.5 Å². The van der Waals surface area contributed by atoms with E-state index in [2.05, 4.69) is 10.3 Å².